The maximum absolute atomic E-state index is 12.4. The van der Waals surface area contributed by atoms with Gasteiger partial charge >= 0.3 is 17.9 Å². The summed E-state index contributed by atoms with van der Waals surface area (Å²) in [5.41, 5.74) is 2.35. The van der Waals surface area contributed by atoms with E-state index in [4.69, 9.17) is 14.2 Å². The molecule has 0 N–H and O–H groups in total. The highest BCUT2D eigenvalue weighted by Crippen LogP contribution is 2.53. The highest BCUT2D eigenvalue weighted by atomic mass is 16.6. The summed E-state index contributed by atoms with van der Waals surface area (Å²) in [4.78, 5) is 36.1. The van der Waals surface area contributed by atoms with Crippen molar-refractivity contribution < 1.29 is 28.6 Å². The lowest BCUT2D eigenvalue weighted by Crippen LogP contribution is -2.36. The SMILES string of the molecule is C=C1C(=O)O[C@@H]2[C@H]3C(=C)[C@@H](OC(C)=O)C[C@H]3C(=C)C[C@H](OC(=O)/C(C)=C/C)[C@@H]12. The molecule has 0 amide bonds. The van der Waals surface area contributed by atoms with Gasteiger partial charge in [-0.15, -0.1) is 0 Å². The van der Waals surface area contributed by atoms with Crippen LogP contribution in [0.1, 0.15) is 33.6 Å². The van der Waals surface area contributed by atoms with Crippen molar-refractivity contribution in [2.75, 3.05) is 0 Å². The first kappa shape index (κ1) is 20.1. The molecule has 6 atom stereocenters. The fraction of sp³-hybridized carbons (Fsp3) is 0.500. The molecule has 6 heteroatoms. The Bertz CT molecular complexity index is 804. The second-order valence-electron chi connectivity index (χ2n) is 7.74. The minimum atomic E-state index is -0.593. The first-order valence-electron chi connectivity index (χ1n) is 9.42. The number of carbonyl (C=O) groups excluding carboxylic acids is 3. The molecule has 150 valence electrons. The molecule has 1 saturated heterocycles. The number of rotatable bonds is 3. The normalized spacial score (nSPS) is 35.0. The Kier molecular flexibility index (Phi) is 5.33. The van der Waals surface area contributed by atoms with Gasteiger partial charge in [-0.05, 0) is 31.8 Å². The zero-order valence-corrected chi connectivity index (χ0v) is 16.5. The molecule has 1 heterocycles. The average Bonchev–Trinajstić information content (AvgIpc) is 3.06. The fourth-order valence-corrected chi connectivity index (χ4v) is 4.53. The molecule has 28 heavy (non-hydrogen) atoms. The highest BCUT2D eigenvalue weighted by molar-refractivity contribution is 5.92. The average molecular weight is 386 g/mol. The molecule has 1 aliphatic heterocycles. The molecular formula is C22H26O6. The summed E-state index contributed by atoms with van der Waals surface area (Å²) in [6, 6.07) is 0. The molecular weight excluding hydrogens is 360 g/mol. The number of ether oxygens (including phenoxy) is 3. The first-order chi connectivity index (χ1) is 13.1. The van der Waals surface area contributed by atoms with E-state index in [1.807, 2.05) is 0 Å². The van der Waals surface area contributed by atoms with Gasteiger partial charge < -0.3 is 14.2 Å². The first-order valence-corrected chi connectivity index (χ1v) is 9.42. The van der Waals surface area contributed by atoms with Crippen molar-refractivity contribution in [2.45, 2.75) is 51.9 Å². The van der Waals surface area contributed by atoms with E-state index < -0.39 is 36.2 Å². The van der Waals surface area contributed by atoms with Crippen LogP contribution in [0.3, 0.4) is 0 Å². The van der Waals surface area contributed by atoms with E-state index in [1.54, 1.807) is 19.9 Å². The minimum absolute atomic E-state index is 0.0745. The smallest absolute Gasteiger partial charge is 0.334 e. The topological polar surface area (TPSA) is 78.9 Å². The van der Waals surface area contributed by atoms with Crippen molar-refractivity contribution in [3.63, 3.8) is 0 Å². The largest absolute Gasteiger partial charge is 0.458 e. The van der Waals surface area contributed by atoms with Crippen molar-refractivity contribution in [3.8, 4) is 0 Å². The molecule has 0 spiro atoms. The summed E-state index contributed by atoms with van der Waals surface area (Å²) in [6.07, 6.45) is 0.994. The Morgan fingerprint density at radius 1 is 1.14 bits per heavy atom. The summed E-state index contributed by atoms with van der Waals surface area (Å²) in [6.45, 7) is 17.0. The van der Waals surface area contributed by atoms with Crippen LogP contribution >= 0.6 is 0 Å². The van der Waals surface area contributed by atoms with Crippen LogP contribution in [0.2, 0.25) is 0 Å². The third kappa shape index (κ3) is 3.32. The van der Waals surface area contributed by atoms with Crippen LogP contribution in [0, 0.1) is 17.8 Å². The quantitative estimate of drug-likeness (QED) is 0.321. The van der Waals surface area contributed by atoms with Gasteiger partial charge in [0.05, 0.1) is 5.92 Å². The number of hydrogen-bond donors (Lipinski definition) is 0. The second kappa shape index (κ2) is 7.41. The Balaban J connectivity index is 1.95. The van der Waals surface area contributed by atoms with E-state index in [2.05, 4.69) is 19.7 Å². The van der Waals surface area contributed by atoms with Crippen molar-refractivity contribution in [1.29, 1.82) is 0 Å². The zero-order chi connectivity index (χ0) is 20.7. The van der Waals surface area contributed by atoms with E-state index in [-0.39, 0.29) is 23.4 Å². The van der Waals surface area contributed by atoms with Crippen molar-refractivity contribution in [3.05, 3.63) is 48.1 Å². The van der Waals surface area contributed by atoms with E-state index in [9.17, 15) is 14.4 Å². The Morgan fingerprint density at radius 3 is 2.43 bits per heavy atom. The van der Waals surface area contributed by atoms with E-state index in [0.717, 1.165) is 5.57 Å². The van der Waals surface area contributed by atoms with Crippen LogP contribution in [0.15, 0.2) is 48.1 Å². The number of carbonyl (C=O) groups is 3. The standard InChI is InChI=1S/C22H26O6/c1-7-10(2)21(24)27-17-8-11(3)15-9-16(26-14(6)23)12(4)18(15)20-19(17)13(5)22(25)28-20/h7,15-20H,3-5,8-9H2,1-2,6H3/b10-7+/t15-,16-,17-,18-,19+,20+/m0/s1. The lowest BCUT2D eigenvalue weighted by molar-refractivity contribution is -0.149. The van der Waals surface area contributed by atoms with E-state index >= 15 is 0 Å². The molecule has 0 unspecified atom stereocenters. The molecule has 3 fully saturated rings. The van der Waals surface area contributed by atoms with Gasteiger partial charge in [-0.1, -0.05) is 31.4 Å². The monoisotopic (exact) mass is 386 g/mol. The van der Waals surface area contributed by atoms with Gasteiger partial charge in [-0.2, -0.15) is 0 Å². The molecule has 3 rings (SSSR count). The van der Waals surface area contributed by atoms with E-state index in [1.165, 1.54) is 6.92 Å². The number of allylic oxidation sites excluding steroid dienone is 1. The van der Waals surface area contributed by atoms with E-state index in [0.29, 0.717) is 24.0 Å². The van der Waals surface area contributed by atoms with Gasteiger partial charge in [0.1, 0.15) is 18.3 Å². The number of hydrogen-bond acceptors (Lipinski definition) is 6. The minimum Gasteiger partial charge on any atom is -0.458 e. The van der Waals surface area contributed by atoms with Gasteiger partial charge in [0, 0.05) is 30.4 Å². The lowest BCUT2D eigenvalue weighted by atomic mass is 9.81. The van der Waals surface area contributed by atoms with Crippen LogP contribution in [-0.2, 0) is 28.6 Å². The van der Waals surface area contributed by atoms with Crippen molar-refractivity contribution in [2.24, 2.45) is 17.8 Å². The molecule has 0 aromatic heterocycles. The summed E-state index contributed by atoms with van der Waals surface area (Å²) in [5.74, 6) is -2.12. The van der Waals surface area contributed by atoms with Crippen LogP contribution in [-0.4, -0.2) is 36.2 Å². The van der Waals surface area contributed by atoms with Crippen LogP contribution in [0.5, 0.6) is 0 Å². The Hall–Kier alpha value is -2.63. The molecule has 0 aromatic rings. The van der Waals surface area contributed by atoms with Crippen LogP contribution in [0.25, 0.3) is 0 Å². The molecule has 3 aliphatic rings. The number of esters is 3. The number of fused-ring (bicyclic) bond motifs is 3. The Labute approximate surface area is 164 Å². The van der Waals surface area contributed by atoms with Crippen LogP contribution in [0.4, 0.5) is 0 Å². The maximum Gasteiger partial charge on any atom is 0.334 e. The highest BCUT2D eigenvalue weighted by Gasteiger charge is 2.57. The lowest BCUT2D eigenvalue weighted by Gasteiger charge is -2.28. The predicted octanol–water partition coefficient (Wildman–Crippen LogP) is 3.05. The molecule has 0 aromatic carbocycles. The molecule has 0 bridgehead atoms. The third-order valence-electron chi connectivity index (χ3n) is 6.07. The van der Waals surface area contributed by atoms with Crippen molar-refractivity contribution >= 4 is 17.9 Å². The van der Waals surface area contributed by atoms with Crippen LogP contribution < -0.4 is 0 Å². The summed E-state index contributed by atoms with van der Waals surface area (Å²) in [7, 11) is 0. The van der Waals surface area contributed by atoms with Gasteiger partial charge in [0.2, 0.25) is 0 Å². The molecule has 6 nitrogen and oxygen atoms in total. The van der Waals surface area contributed by atoms with Crippen molar-refractivity contribution in [1.82, 2.24) is 0 Å². The van der Waals surface area contributed by atoms with Gasteiger partial charge in [-0.3, -0.25) is 4.79 Å². The predicted molar refractivity (Wildman–Crippen MR) is 102 cm³/mol. The molecule has 2 saturated carbocycles. The third-order valence-corrected chi connectivity index (χ3v) is 6.07. The fourth-order valence-electron chi connectivity index (χ4n) is 4.53. The Morgan fingerprint density at radius 2 is 1.82 bits per heavy atom. The second-order valence-corrected chi connectivity index (χ2v) is 7.74. The molecule has 0 radical (unpaired) electrons. The summed E-state index contributed by atoms with van der Waals surface area (Å²) >= 11 is 0. The zero-order valence-electron chi connectivity index (χ0n) is 16.5. The van der Waals surface area contributed by atoms with Gasteiger partial charge in [0.25, 0.3) is 0 Å². The van der Waals surface area contributed by atoms with Gasteiger partial charge in [0.15, 0.2) is 0 Å². The molecule has 2 aliphatic carbocycles. The summed E-state index contributed by atoms with van der Waals surface area (Å²) in [5, 5.41) is 0. The maximum atomic E-state index is 12.4. The summed E-state index contributed by atoms with van der Waals surface area (Å²) < 4.78 is 16.8. The van der Waals surface area contributed by atoms with Gasteiger partial charge in [-0.25, -0.2) is 9.59 Å².